The molecule has 2 aromatic heterocycles. The van der Waals surface area contributed by atoms with Gasteiger partial charge in [0.1, 0.15) is 24.7 Å². The summed E-state index contributed by atoms with van der Waals surface area (Å²) in [5.74, 6) is 2.32. The molecule has 0 unspecified atom stereocenters. The molecule has 48 heavy (non-hydrogen) atoms. The van der Waals surface area contributed by atoms with Gasteiger partial charge in [0, 0.05) is 74.3 Å². The van der Waals surface area contributed by atoms with E-state index in [0.717, 1.165) is 50.3 Å². The van der Waals surface area contributed by atoms with Crippen LogP contribution in [0, 0.1) is 13.8 Å². The fourth-order valence-electron chi connectivity index (χ4n) is 5.11. The van der Waals surface area contributed by atoms with Crippen molar-refractivity contribution in [2.45, 2.75) is 78.3 Å². The van der Waals surface area contributed by atoms with Crippen molar-refractivity contribution in [3.8, 4) is 0 Å². The first-order valence-electron chi connectivity index (χ1n) is 17.2. The molecule has 4 aromatic rings. The van der Waals surface area contributed by atoms with Crippen LogP contribution in [0.2, 0.25) is 0 Å². The molecule has 0 spiro atoms. The second-order valence-corrected chi connectivity index (χ2v) is 15.1. The Morgan fingerprint density at radius 2 is 0.812 bits per heavy atom. The molecule has 0 atom stereocenters. The fourth-order valence-corrected chi connectivity index (χ4v) is 7.17. The highest BCUT2D eigenvalue weighted by molar-refractivity contribution is 8.76. The lowest BCUT2D eigenvalue weighted by Gasteiger charge is -2.03. The van der Waals surface area contributed by atoms with E-state index in [1.54, 1.807) is 21.6 Å². The normalized spacial score (nSPS) is 11.5. The Kier molecular flexibility index (Phi) is 16.4. The minimum atomic E-state index is 0.340. The first-order chi connectivity index (χ1) is 23.4. The van der Waals surface area contributed by atoms with Gasteiger partial charge in [-0.25, -0.2) is 9.13 Å². The smallest absolute Gasteiger partial charge is 0.169 e. The monoisotopic (exact) mass is 678 g/mol. The van der Waals surface area contributed by atoms with Crippen molar-refractivity contribution in [1.29, 1.82) is 0 Å². The maximum Gasteiger partial charge on any atom is 0.169 e. The molecular formula is C42H50N2O2S2+2. The van der Waals surface area contributed by atoms with Gasteiger partial charge in [0.2, 0.25) is 0 Å². The van der Waals surface area contributed by atoms with Gasteiger partial charge in [0.05, 0.1) is 0 Å². The largest absolute Gasteiger partial charge is 0.300 e. The van der Waals surface area contributed by atoms with Crippen molar-refractivity contribution in [3.63, 3.8) is 0 Å². The van der Waals surface area contributed by atoms with E-state index < -0.39 is 0 Å². The number of nitrogens with zero attached hydrogens (tertiary/aromatic N) is 2. The van der Waals surface area contributed by atoms with E-state index in [4.69, 9.17) is 0 Å². The average molecular weight is 679 g/mol. The third-order valence-corrected chi connectivity index (χ3v) is 10.6. The van der Waals surface area contributed by atoms with Crippen LogP contribution in [0.5, 0.6) is 0 Å². The van der Waals surface area contributed by atoms with Gasteiger partial charge >= 0.3 is 0 Å². The minimum absolute atomic E-state index is 0.340. The second kappa shape index (κ2) is 21.3. The number of pyridine rings is 2. The molecule has 0 amide bonds. The average Bonchev–Trinajstić information content (AvgIpc) is 3.10. The Morgan fingerprint density at radius 1 is 0.479 bits per heavy atom. The van der Waals surface area contributed by atoms with E-state index in [-0.39, 0.29) is 0 Å². The lowest BCUT2D eigenvalue weighted by atomic mass is 10.1. The third-order valence-electron chi connectivity index (χ3n) is 8.18. The number of aromatic nitrogens is 2. The Labute approximate surface area is 295 Å². The molecule has 0 bridgehead atoms. The summed E-state index contributed by atoms with van der Waals surface area (Å²) in [6.45, 7) is 6.05. The lowest BCUT2D eigenvalue weighted by molar-refractivity contribution is -0.697. The minimum Gasteiger partial charge on any atom is -0.300 e. The molecule has 6 heteroatoms. The zero-order valence-corrected chi connectivity index (χ0v) is 30.2. The molecular weight excluding hydrogens is 629 g/mol. The Hall–Kier alpha value is -3.74. The summed E-state index contributed by atoms with van der Waals surface area (Å²) in [5, 5.41) is 0. The summed E-state index contributed by atoms with van der Waals surface area (Å²) in [6, 6.07) is 25.6. The summed E-state index contributed by atoms with van der Waals surface area (Å²) in [6.07, 6.45) is 23.3. The van der Waals surface area contributed by atoms with Crippen molar-refractivity contribution >= 4 is 57.5 Å². The summed E-state index contributed by atoms with van der Waals surface area (Å²) in [5.41, 5.74) is 7.30. The standard InChI is InChI=1S/C42H50N2O2S2/c1-35-9-13-37(14-10-35)17-19-39-21-29-43(30-22-39)27-5-3-7-41(45)25-33-47-48-34-26-42(46)8-4-6-28-44-31-23-40(24-32-44)20-18-38-15-11-36(2)12-16-38/h9-24,29-32H,3-8,25-28,33-34H2,1-2H3/q+2/b19-17+,20-18+. The second-order valence-electron chi connectivity index (χ2n) is 12.4. The van der Waals surface area contributed by atoms with Crippen LogP contribution in [-0.4, -0.2) is 23.1 Å². The number of benzene rings is 2. The number of aryl methyl sites for hydroxylation is 4. The van der Waals surface area contributed by atoms with Crippen LogP contribution in [0.4, 0.5) is 0 Å². The molecule has 0 radical (unpaired) electrons. The van der Waals surface area contributed by atoms with Crippen LogP contribution >= 0.6 is 21.6 Å². The molecule has 0 aliphatic heterocycles. The zero-order chi connectivity index (χ0) is 33.8. The summed E-state index contributed by atoms with van der Waals surface area (Å²) >= 11 is 0. The Balaban J connectivity index is 0.959. The number of hydrogen-bond acceptors (Lipinski definition) is 4. The van der Waals surface area contributed by atoms with Crippen LogP contribution in [0.15, 0.2) is 97.6 Å². The number of carbonyl (C=O) groups is 2. The highest BCUT2D eigenvalue weighted by atomic mass is 33.1. The van der Waals surface area contributed by atoms with Crippen LogP contribution in [0.3, 0.4) is 0 Å². The molecule has 250 valence electrons. The van der Waals surface area contributed by atoms with E-state index in [1.165, 1.54) is 33.4 Å². The third kappa shape index (κ3) is 15.0. The van der Waals surface area contributed by atoms with Crippen molar-refractivity contribution in [2.24, 2.45) is 0 Å². The van der Waals surface area contributed by atoms with Gasteiger partial charge in [0.25, 0.3) is 0 Å². The highest BCUT2D eigenvalue weighted by Crippen LogP contribution is 2.23. The molecule has 0 aliphatic carbocycles. The summed E-state index contributed by atoms with van der Waals surface area (Å²) in [4.78, 5) is 24.6. The molecule has 4 nitrogen and oxygen atoms in total. The maximum absolute atomic E-state index is 12.3. The van der Waals surface area contributed by atoms with E-state index in [1.807, 2.05) is 0 Å². The first kappa shape index (κ1) is 37.1. The van der Waals surface area contributed by atoms with Gasteiger partial charge in [-0.05, 0) is 48.9 Å². The first-order valence-corrected chi connectivity index (χ1v) is 19.7. The van der Waals surface area contributed by atoms with Crippen LogP contribution in [0.25, 0.3) is 24.3 Å². The predicted molar refractivity (Wildman–Crippen MR) is 205 cm³/mol. The van der Waals surface area contributed by atoms with E-state index in [2.05, 4.69) is 145 Å². The zero-order valence-electron chi connectivity index (χ0n) is 28.6. The topological polar surface area (TPSA) is 41.9 Å². The van der Waals surface area contributed by atoms with Crippen molar-refractivity contribution in [3.05, 3.63) is 131 Å². The van der Waals surface area contributed by atoms with Gasteiger partial charge in [0.15, 0.2) is 24.8 Å². The molecule has 0 aliphatic rings. The van der Waals surface area contributed by atoms with Crippen molar-refractivity contribution < 1.29 is 18.7 Å². The molecule has 2 heterocycles. The number of unbranched alkanes of at least 4 members (excludes halogenated alkanes) is 2. The van der Waals surface area contributed by atoms with Gasteiger partial charge in [-0.3, -0.25) is 9.59 Å². The molecule has 0 N–H and O–H groups in total. The van der Waals surface area contributed by atoms with Crippen LogP contribution < -0.4 is 9.13 Å². The number of ketones is 2. The summed E-state index contributed by atoms with van der Waals surface area (Å²) < 4.78 is 4.37. The molecule has 2 aromatic carbocycles. The fraction of sp³-hybridized carbons (Fsp3) is 0.333. The number of carbonyl (C=O) groups excluding carboxylic acids is 2. The maximum atomic E-state index is 12.3. The number of Topliss-reactive ketones (excluding diaryl/α,β-unsaturated/α-hetero) is 2. The van der Waals surface area contributed by atoms with Crippen molar-refractivity contribution in [1.82, 2.24) is 0 Å². The molecule has 0 saturated carbocycles. The SMILES string of the molecule is Cc1ccc(/C=C/c2cc[n+](CCCCC(=O)CCSSCCC(=O)CCCC[n+]3ccc(/C=C/c4ccc(C)cc4)cc3)cc2)cc1. The highest BCUT2D eigenvalue weighted by Gasteiger charge is 2.07. The van der Waals surface area contributed by atoms with E-state index in [0.29, 0.717) is 37.2 Å². The van der Waals surface area contributed by atoms with E-state index >= 15 is 0 Å². The summed E-state index contributed by atoms with van der Waals surface area (Å²) in [7, 11) is 3.44. The quantitative estimate of drug-likeness (QED) is 0.0500. The Morgan fingerprint density at radius 3 is 1.17 bits per heavy atom. The molecule has 0 fully saturated rings. The van der Waals surface area contributed by atoms with Crippen LogP contribution in [-0.2, 0) is 22.7 Å². The predicted octanol–water partition coefficient (Wildman–Crippen LogP) is 9.56. The van der Waals surface area contributed by atoms with Gasteiger partial charge in [-0.1, -0.05) is 106 Å². The number of rotatable bonds is 21. The van der Waals surface area contributed by atoms with Crippen molar-refractivity contribution in [2.75, 3.05) is 11.5 Å². The molecule has 4 rings (SSSR count). The number of hydrogen-bond donors (Lipinski definition) is 0. The van der Waals surface area contributed by atoms with Crippen LogP contribution in [0.1, 0.15) is 84.7 Å². The van der Waals surface area contributed by atoms with Gasteiger partial charge in [-0.2, -0.15) is 0 Å². The Bertz CT molecular complexity index is 1470. The van der Waals surface area contributed by atoms with Gasteiger partial charge in [-0.15, -0.1) is 0 Å². The lowest BCUT2D eigenvalue weighted by Crippen LogP contribution is -2.32. The van der Waals surface area contributed by atoms with E-state index in [9.17, 15) is 9.59 Å². The molecule has 0 saturated heterocycles. The van der Waals surface area contributed by atoms with Gasteiger partial charge < -0.3 is 0 Å².